The number of benzene rings is 1. The maximum Gasteiger partial charge on any atom is 0.282 e. The fourth-order valence-corrected chi connectivity index (χ4v) is 4.43. The van der Waals surface area contributed by atoms with Crippen LogP contribution in [0.5, 0.6) is 0 Å². The smallest absolute Gasteiger partial charge is 0.256 e. The van der Waals surface area contributed by atoms with Crippen LogP contribution in [0.3, 0.4) is 0 Å². The molecule has 25 heavy (non-hydrogen) atoms. The van der Waals surface area contributed by atoms with Crippen LogP contribution in [0.1, 0.15) is 35.8 Å². The first-order chi connectivity index (χ1) is 11.9. The maximum absolute atomic E-state index is 13.0. The Morgan fingerprint density at radius 1 is 1.20 bits per heavy atom. The summed E-state index contributed by atoms with van der Waals surface area (Å²) in [5, 5.41) is 0. The van der Waals surface area contributed by atoms with Crippen LogP contribution in [0, 0.1) is 5.82 Å². The van der Waals surface area contributed by atoms with Gasteiger partial charge in [0.2, 0.25) is 0 Å². The fourth-order valence-electron chi connectivity index (χ4n) is 3.12. The lowest BCUT2D eigenvalue weighted by Gasteiger charge is -2.26. The van der Waals surface area contributed by atoms with E-state index in [2.05, 4.69) is 4.98 Å². The predicted octanol–water partition coefficient (Wildman–Crippen LogP) is 2.75. The molecule has 2 aromatic rings. The van der Waals surface area contributed by atoms with Crippen molar-refractivity contribution in [3.8, 4) is 0 Å². The maximum atomic E-state index is 13.0. The Hall–Kier alpha value is -1.83. The van der Waals surface area contributed by atoms with Gasteiger partial charge in [-0.3, -0.25) is 4.98 Å². The summed E-state index contributed by atoms with van der Waals surface area (Å²) in [5.74, 6) is -0.263. The van der Waals surface area contributed by atoms with Crippen molar-refractivity contribution in [3.05, 3.63) is 65.2 Å². The van der Waals surface area contributed by atoms with E-state index in [9.17, 15) is 12.8 Å². The number of aromatic nitrogens is 1. The van der Waals surface area contributed by atoms with E-state index in [-0.39, 0.29) is 11.9 Å². The van der Waals surface area contributed by atoms with Gasteiger partial charge >= 0.3 is 0 Å². The molecule has 0 aliphatic carbocycles. The van der Waals surface area contributed by atoms with Gasteiger partial charge in [-0.25, -0.2) is 4.39 Å². The molecule has 1 aromatic carbocycles. The van der Waals surface area contributed by atoms with Crippen LogP contribution in [0.4, 0.5) is 4.39 Å². The summed E-state index contributed by atoms with van der Waals surface area (Å²) >= 11 is 0. The standard InChI is InChI=1S/C18H22FN3O2S/c1-21(2)25(23,24)22-12-4-7-18(22)17-6-3-5-16(20-17)13-14-8-10-15(19)11-9-14/h3,5-6,8-11,18H,4,7,12-13H2,1-2H3. The summed E-state index contributed by atoms with van der Waals surface area (Å²) in [5.41, 5.74) is 2.58. The molecular formula is C18H22FN3O2S. The summed E-state index contributed by atoms with van der Waals surface area (Å²) in [4.78, 5) is 4.68. The molecule has 1 saturated heterocycles. The van der Waals surface area contributed by atoms with Crippen LogP contribution >= 0.6 is 0 Å². The summed E-state index contributed by atoms with van der Waals surface area (Å²) in [7, 11) is -0.376. The number of halogens is 1. The first-order valence-electron chi connectivity index (χ1n) is 8.27. The van der Waals surface area contributed by atoms with E-state index >= 15 is 0 Å². The van der Waals surface area contributed by atoms with Gasteiger partial charge in [0.15, 0.2) is 0 Å². The molecule has 7 heteroatoms. The van der Waals surface area contributed by atoms with E-state index in [1.807, 2.05) is 18.2 Å². The van der Waals surface area contributed by atoms with Crippen molar-refractivity contribution in [1.82, 2.24) is 13.6 Å². The van der Waals surface area contributed by atoms with E-state index in [0.29, 0.717) is 13.0 Å². The molecule has 1 atom stereocenters. The topological polar surface area (TPSA) is 53.5 Å². The second kappa shape index (κ2) is 7.19. The van der Waals surface area contributed by atoms with Crippen LogP contribution in [0.2, 0.25) is 0 Å². The van der Waals surface area contributed by atoms with Crippen molar-refractivity contribution in [3.63, 3.8) is 0 Å². The highest BCUT2D eigenvalue weighted by Gasteiger charge is 2.37. The van der Waals surface area contributed by atoms with E-state index in [4.69, 9.17) is 0 Å². The summed E-state index contributed by atoms with van der Waals surface area (Å²) in [6.45, 7) is 0.509. The highest BCUT2D eigenvalue weighted by molar-refractivity contribution is 7.86. The molecule has 5 nitrogen and oxygen atoms in total. The molecule has 1 aliphatic rings. The van der Waals surface area contributed by atoms with Gasteiger partial charge in [0.05, 0.1) is 11.7 Å². The predicted molar refractivity (Wildman–Crippen MR) is 94.7 cm³/mol. The van der Waals surface area contributed by atoms with Gasteiger partial charge in [-0.05, 0) is 42.7 Å². The van der Waals surface area contributed by atoms with Crippen LogP contribution in [-0.4, -0.2) is 42.7 Å². The molecule has 0 N–H and O–H groups in total. The second-order valence-electron chi connectivity index (χ2n) is 6.42. The van der Waals surface area contributed by atoms with Gasteiger partial charge in [-0.1, -0.05) is 18.2 Å². The van der Waals surface area contributed by atoms with Gasteiger partial charge in [-0.2, -0.15) is 17.0 Å². The number of nitrogens with zero attached hydrogens (tertiary/aromatic N) is 3. The summed E-state index contributed by atoms with van der Waals surface area (Å²) in [6, 6.07) is 11.8. The molecule has 134 valence electrons. The molecule has 0 radical (unpaired) electrons. The zero-order valence-electron chi connectivity index (χ0n) is 14.4. The van der Waals surface area contributed by atoms with Crippen LogP contribution in [0.15, 0.2) is 42.5 Å². The fraction of sp³-hybridized carbons (Fsp3) is 0.389. The second-order valence-corrected chi connectivity index (χ2v) is 8.51. The zero-order valence-corrected chi connectivity index (χ0v) is 15.2. The van der Waals surface area contributed by atoms with Gasteiger partial charge < -0.3 is 0 Å². The van der Waals surface area contributed by atoms with E-state index < -0.39 is 10.2 Å². The van der Waals surface area contributed by atoms with Crippen LogP contribution in [-0.2, 0) is 16.6 Å². The van der Waals surface area contributed by atoms with E-state index in [1.54, 1.807) is 26.2 Å². The molecule has 0 amide bonds. The Labute approximate surface area is 148 Å². The Balaban J connectivity index is 1.84. The molecule has 0 saturated carbocycles. The number of pyridine rings is 1. The molecule has 2 heterocycles. The van der Waals surface area contributed by atoms with Crippen molar-refractivity contribution in [2.24, 2.45) is 0 Å². The average Bonchev–Trinajstić information content (AvgIpc) is 3.07. The summed E-state index contributed by atoms with van der Waals surface area (Å²) in [6.07, 6.45) is 2.17. The van der Waals surface area contributed by atoms with E-state index in [0.717, 1.165) is 29.8 Å². The first kappa shape index (κ1) is 18.0. The minimum atomic E-state index is -3.47. The molecule has 3 rings (SSSR count). The molecule has 0 bridgehead atoms. The van der Waals surface area contributed by atoms with Crippen molar-refractivity contribution >= 4 is 10.2 Å². The van der Waals surface area contributed by atoms with E-state index in [1.165, 1.54) is 20.7 Å². The largest absolute Gasteiger partial charge is 0.282 e. The molecule has 0 spiro atoms. The minimum Gasteiger partial charge on any atom is -0.256 e. The van der Waals surface area contributed by atoms with Gasteiger partial charge in [-0.15, -0.1) is 0 Å². The Morgan fingerprint density at radius 2 is 1.92 bits per heavy atom. The molecule has 1 fully saturated rings. The lowest BCUT2D eigenvalue weighted by Crippen LogP contribution is -2.39. The number of rotatable bonds is 5. The van der Waals surface area contributed by atoms with Gasteiger partial charge in [0.1, 0.15) is 5.82 Å². The Morgan fingerprint density at radius 3 is 2.60 bits per heavy atom. The third-order valence-corrected chi connectivity index (χ3v) is 6.38. The van der Waals surface area contributed by atoms with Crippen molar-refractivity contribution in [2.75, 3.05) is 20.6 Å². The van der Waals surface area contributed by atoms with Gasteiger partial charge in [0.25, 0.3) is 10.2 Å². The number of hydrogen-bond acceptors (Lipinski definition) is 3. The lowest BCUT2D eigenvalue weighted by molar-refractivity contribution is 0.357. The highest BCUT2D eigenvalue weighted by atomic mass is 32.2. The quantitative estimate of drug-likeness (QED) is 0.821. The SMILES string of the molecule is CN(C)S(=O)(=O)N1CCCC1c1cccc(Cc2ccc(F)cc2)n1. The third kappa shape index (κ3) is 3.89. The molecule has 1 unspecified atom stereocenters. The Bertz CT molecular complexity index is 838. The van der Waals surface area contributed by atoms with Crippen molar-refractivity contribution < 1.29 is 12.8 Å². The Kier molecular flexibility index (Phi) is 5.17. The lowest BCUT2D eigenvalue weighted by atomic mass is 10.1. The monoisotopic (exact) mass is 363 g/mol. The van der Waals surface area contributed by atoms with Crippen LogP contribution < -0.4 is 0 Å². The average molecular weight is 363 g/mol. The highest BCUT2D eigenvalue weighted by Crippen LogP contribution is 2.34. The normalized spacial score (nSPS) is 18.8. The van der Waals surface area contributed by atoms with Crippen molar-refractivity contribution in [1.29, 1.82) is 0 Å². The van der Waals surface area contributed by atoms with Crippen molar-refractivity contribution in [2.45, 2.75) is 25.3 Å². The first-order valence-corrected chi connectivity index (χ1v) is 9.67. The minimum absolute atomic E-state index is 0.236. The summed E-state index contributed by atoms with van der Waals surface area (Å²) < 4.78 is 40.8. The molecule has 1 aromatic heterocycles. The number of hydrogen-bond donors (Lipinski definition) is 0. The zero-order chi connectivity index (χ0) is 18.0. The molecular weight excluding hydrogens is 341 g/mol. The molecule has 1 aliphatic heterocycles. The van der Waals surface area contributed by atoms with Gasteiger partial charge in [0, 0.05) is 32.8 Å². The third-order valence-electron chi connectivity index (χ3n) is 4.43. The van der Waals surface area contributed by atoms with Crippen LogP contribution in [0.25, 0.3) is 0 Å².